The lowest BCUT2D eigenvalue weighted by Crippen LogP contribution is -2.28. The van der Waals surface area contributed by atoms with E-state index in [2.05, 4.69) is 191 Å². The first-order valence-corrected chi connectivity index (χ1v) is 24.4. The number of rotatable bonds is 3. The van der Waals surface area contributed by atoms with Crippen LogP contribution in [0.2, 0.25) is 0 Å². The topological polar surface area (TPSA) is 9.86 Å². The Hall–Kier alpha value is -6.98. The van der Waals surface area contributed by atoms with Crippen LogP contribution in [0.15, 0.2) is 182 Å². The zero-order chi connectivity index (χ0) is 41.7. The zero-order valence-electron chi connectivity index (χ0n) is 35.1. The molecule has 2 aliphatic rings. The summed E-state index contributed by atoms with van der Waals surface area (Å²) < 4.78 is 10.3. The molecule has 0 amide bonds. The Bertz CT molecular complexity index is 4130. The Labute approximate surface area is 377 Å². The van der Waals surface area contributed by atoms with E-state index in [1.54, 1.807) is 0 Å². The molecule has 1 spiro atoms. The Morgan fingerprint density at radius 2 is 0.828 bits per heavy atom. The van der Waals surface area contributed by atoms with Gasteiger partial charge in [-0.25, -0.2) is 0 Å². The molecule has 0 atom stereocenters. The number of para-hydroxylation sites is 2. The standard InChI is InChI=1S/C60H40N2S2/c1-10-28-60(29-11-1)50-31-37(36-21-27-54-48(30-36)41-12-2-6-16-52(41)61(54)38-22-25-45-43-14-4-8-18-56(43)63-58(45)32-38)20-24-40(50)47-35-55-49(34-51(47)60)42-13-3-7-17-53(42)62(55)39-23-26-46-44-15-5-9-19-57(44)64-59(46)33-39/h2-9,12-27,30-35H,1,10-11,28-29H2. The molecular weight excluding hydrogens is 813 g/mol. The summed E-state index contributed by atoms with van der Waals surface area (Å²) >= 11 is 3.78. The molecule has 13 aromatic rings. The molecule has 64 heavy (non-hydrogen) atoms. The predicted octanol–water partition coefficient (Wildman–Crippen LogP) is 17.5. The number of hydrogen-bond donors (Lipinski definition) is 0. The molecule has 4 heterocycles. The van der Waals surface area contributed by atoms with Gasteiger partial charge in [0.25, 0.3) is 0 Å². The quantitative estimate of drug-likeness (QED) is 0.168. The summed E-state index contributed by atoms with van der Waals surface area (Å²) in [6, 6.07) is 69.5. The molecule has 0 radical (unpaired) electrons. The van der Waals surface area contributed by atoms with E-state index in [9.17, 15) is 0 Å². The minimum absolute atomic E-state index is 0.0116. The van der Waals surface area contributed by atoms with Gasteiger partial charge in [-0.1, -0.05) is 122 Å². The summed E-state index contributed by atoms with van der Waals surface area (Å²) in [7, 11) is 0. The van der Waals surface area contributed by atoms with Gasteiger partial charge in [0.05, 0.1) is 22.1 Å². The number of fused-ring (bicyclic) bond motifs is 17. The fraction of sp³-hybridized carbons (Fsp3) is 0.100. The van der Waals surface area contributed by atoms with Gasteiger partial charge in [-0.2, -0.15) is 0 Å². The summed E-state index contributed by atoms with van der Waals surface area (Å²) in [6.45, 7) is 0. The predicted molar refractivity (Wildman–Crippen MR) is 276 cm³/mol. The second kappa shape index (κ2) is 13.0. The third-order valence-corrected chi connectivity index (χ3v) is 17.4. The third kappa shape index (κ3) is 4.79. The van der Waals surface area contributed by atoms with Crippen molar-refractivity contribution in [3.05, 3.63) is 193 Å². The monoisotopic (exact) mass is 852 g/mol. The van der Waals surface area contributed by atoms with Crippen molar-refractivity contribution in [2.24, 2.45) is 0 Å². The van der Waals surface area contributed by atoms with Crippen molar-refractivity contribution >= 4 is 107 Å². The first-order chi connectivity index (χ1) is 31.7. The SMILES string of the molecule is c1ccc2c(c1)sc1cc(-n3c4ccccc4c4cc(-c5ccc6c(c5)C5(CCCCC5)c5cc7c8ccccc8n(-c8ccc9c(c8)sc8ccccc89)c7cc5-6)ccc43)ccc12. The van der Waals surface area contributed by atoms with Gasteiger partial charge in [-0.3, -0.25) is 0 Å². The Balaban J connectivity index is 0.896. The lowest BCUT2D eigenvalue weighted by molar-refractivity contribution is 0.353. The molecule has 0 bridgehead atoms. The number of hydrogen-bond acceptors (Lipinski definition) is 2. The van der Waals surface area contributed by atoms with E-state index in [1.807, 2.05) is 22.7 Å². The van der Waals surface area contributed by atoms with Crippen molar-refractivity contribution < 1.29 is 0 Å². The summed E-state index contributed by atoms with van der Waals surface area (Å²) in [5.74, 6) is 0. The van der Waals surface area contributed by atoms with Gasteiger partial charge >= 0.3 is 0 Å². The summed E-state index contributed by atoms with van der Waals surface area (Å²) in [5, 5.41) is 10.6. The van der Waals surface area contributed by atoms with Crippen molar-refractivity contribution in [2.75, 3.05) is 0 Å². The van der Waals surface area contributed by atoms with Gasteiger partial charge in [0.15, 0.2) is 0 Å². The van der Waals surface area contributed by atoms with Gasteiger partial charge in [-0.15, -0.1) is 22.7 Å². The van der Waals surface area contributed by atoms with Crippen LogP contribution >= 0.6 is 22.7 Å². The summed E-state index contributed by atoms with van der Waals surface area (Å²) in [5.41, 5.74) is 16.0. The molecule has 0 saturated heterocycles. The van der Waals surface area contributed by atoms with Crippen molar-refractivity contribution in [2.45, 2.75) is 37.5 Å². The molecule has 4 aromatic heterocycles. The van der Waals surface area contributed by atoms with E-state index in [4.69, 9.17) is 0 Å². The lowest BCUT2D eigenvalue weighted by Gasteiger charge is -2.36. The highest BCUT2D eigenvalue weighted by Crippen LogP contribution is 2.58. The second-order valence-electron chi connectivity index (χ2n) is 18.3. The number of thiophene rings is 2. The van der Waals surface area contributed by atoms with E-state index in [0.717, 1.165) is 0 Å². The Kier molecular flexibility index (Phi) is 7.23. The zero-order valence-corrected chi connectivity index (χ0v) is 36.7. The molecule has 9 aromatic carbocycles. The molecule has 0 N–H and O–H groups in total. The van der Waals surface area contributed by atoms with E-state index >= 15 is 0 Å². The van der Waals surface area contributed by atoms with Crippen LogP contribution in [0.3, 0.4) is 0 Å². The van der Waals surface area contributed by atoms with Crippen LogP contribution in [0.5, 0.6) is 0 Å². The van der Waals surface area contributed by atoms with Gasteiger partial charge in [0.1, 0.15) is 0 Å². The average Bonchev–Trinajstić information content (AvgIpc) is 4.14. The highest BCUT2D eigenvalue weighted by molar-refractivity contribution is 7.26. The first-order valence-electron chi connectivity index (χ1n) is 22.8. The minimum Gasteiger partial charge on any atom is -0.309 e. The maximum atomic E-state index is 2.61. The molecule has 4 heteroatoms. The molecule has 302 valence electrons. The van der Waals surface area contributed by atoms with Crippen molar-refractivity contribution in [1.82, 2.24) is 9.13 Å². The molecule has 2 nitrogen and oxygen atoms in total. The number of aromatic nitrogens is 2. The van der Waals surface area contributed by atoms with Gasteiger partial charge in [-0.05, 0) is 125 Å². The van der Waals surface area contributed by atoms with E-state index in [1.165, 1.54) is 161 Å². The molecule has 1 fully saturated rings. The van der Waals surface area contributed by atoms with Crippen LogP contribution in [0.25, 0.3) is 118 Å². The van der Waals surface area contributed by atoms with Crippen LogP contribution < -0.4 is 0 Å². The molecule has 1 saturated carbocycles. The van der Waals surface area contributed by atoms with Crippen molar-refractivity contribution in [1.29, 1.82) is 0 Å². The Morgan fingerprint density at radius 1 is 0.328 bits per heavy atom. The van der Waals surface area contributed by atoms with Gasteiger partial charge < -0.3 is 9.13 Å². The second-order valence-corrected chi connectivity index (χ2v) is 20.5. The van der Waals surface area contributed by atoms with Gasteiger partial charge in [0, 0.05) is 78.7 Å². The highest BCUT2D eigenvalue weighted by atomic mass is 32.1. The fourth-order valence-corrected chi connectivity index (χ4v) is 14.5. The average molecular weight is 853 g/mol. The maximum absolute atomic E-state index is 2.61. The highest BCUT2D eigenvalue weighted by Gasteiger charge is 2.44. The summed E-state index contributed by atoms with van der Waals surface area (Å²) in [4.78, 5) is 0. The van der Waals surface area contributed by atoms with Crippen LogP contribution in [-0.4, -0.2) is 9.13 Å². The van der Waals surface area contributed by atoms with Crippen LogP contribution in [-0.2, 0) is 5.41 Å². The van der Waals surface area contributed by atoms with Crippen LogP contribution in [0.4, 0.5) is 0 Å². The fourth-order valence-electron chi connectivity index (χ4n) is 12.2. The smallest absolute Gasteiger partial charge is 0.0547 e. The van der Waals surface area contributed by atoms with Gasteiger partial charge in [0.2, 0.25) is 0 Å². The summed E-state index contributed by atoms with van der Waals surface area (Å²) in [6.07, 6.45) is 6.22. The lowest BCUT2D eigenvalue weighted by atomic mass is 9.67. The first kappa shape index (κ1) is 35.5. The molecule has 15 rings (SSSR count). The minimum atomic E-state index is 0.0116. The maximum Gasteiger partial charge on any atom is 0.0547 e. The normalized spacial score (nSPS) is 14.7. The molecule has 0 aliphatic heterocycles. The molecule has 0 unspecified atom stereocenters. The number of benzene rings is 9. The van der Waals surface area contributed by atoms with Crippen molar-refractivity contribution in [3.63, 3.8) is 0 Å². The van der Waals surface area contributed by atoms with Crippen molar-refractivity contribution in [3.8, 4) is 33.6 Å². The van der Waals surface area contributed by atoms with E-state index in [-0.39, 0.29) is 5.41 Å². The molecular formula is C60H40N2S2. The van der Waals surface area contributed by atoms with E-state index in [0.29, 0.717) is 0 Å². The van der Waals surface area contributed by atoms with Crippen LogP contribution in [0.1, 0.15) is 43.2 Å². The van der Waals surface area contributed by atoms with E-state index < -0.39 is 0 Å². The van der Waals surface area contributed by atoms with Crippen LogP contribution in [0, 0.1) is 0 Å². The third-order valence-electron chi connectivity index (χ3n) is 15.1. The number of nitrogens with zero attached hydrogens (tertiary/aromatic N) is 2. The molecule has 2 aliphatic carbocycles. The largest absolute Gasteiger partial charge is 0.309 e. The Morgan fingerprint density at radius 3 is 1.48 bits per heavy atom.